The van der Waals surface area contributed by atoms with Crippen molar-refractivity contribution in [3.05, 3.63) is 70.5 Å². The molecule has 0 amide bonds. The zero-order chi connectivity index (χ0) is 41.5. The van der Waals surface area contributed by atoms with Crippen LogP contribution < -0.4 is 13.8 Å². The molecule has 0 bridgehead atoms. The van der Waals surface area contributed by atoms with Crippen LogP contribution in [-0.2, 0) is 35.8 Å². The Balaban J connectivity index is 0.000000296. The van der Waals surface area contributed by atoms with E-state index in [-0.39, 0.29) is 42.4 Å². The lowest BCUT2D eigenvalue weighted by molar-refractivity contribution is -0.274. The van der Waals surface area contributed by atoms with E-state index in [9.17, 15) is 62.4 Å². The van der Waals surface area contributed by atoms with Crippen molar-refractivity contribution in [3.63, 3.8) is 0 Å². The molecule has 0 aliphatic heterocycles. The SMILES string of the molecule is CC(=O)SCC(=O)c1noc(N(C)S(=O)(=O)c2ccccc2C(F)(F)F)n1.CC(=O)SCC(=O)c1sc(NS(=O)(=O)c2ccc(OC(F)(F)F)cc2)nc1C. The number of carbonyl (C=O) groups is 4. The largest absolute Gasteiger partial charge is 0.573 e. The van der Waals surface area contributed by atoms with Crippen molar-refractivity contribution in [2.75, 3.05) is 27.6 Å². The van der Waals surface area contributed by atoms with Crippen molar-refractivity contribution in [2.45, 2.75) is 43.1 Å². The molecule has 26 heteroatoms. The molecule has 0 aliphatic rings. The van der Waals surface area contributed by atoms with E-state index in [1.54, 1.807) is 0 Å². The van der Waals surface area contributed by atoms with E-state index in [2.05, 4.69) is 29.1 Å². The summed E-state index contributed by atoms with van der Waals surface area (Å²) in [5, 5.41) is 2.67. The predicted octanol–water partition coefficient (Wildman–Crippen LogP) is 5.99. The second-order valence-electron chi connectivity index (χ2n) is 10.3. The lowest BCUT2D eigenvalue weighted by atomic mass is 10.2. The molecule has 0 unspecified atom stereocenters. The fourth-order valence-corrected chi connectivity index (χ4v) is 8.25. The maximum absolute atomic E-state index is 13.1. The van der Waals surface area contributed by atoms with Crippen LogP contribution >= 0.6 is 34.9 Å². The number of Topliss-reactive ketones (excluding diaryl/α,β-unsaturated/α-hetero) is 2. The van der Waals surface area contributed by atoms with E-state index in [0.29, 0.717) is 27.8 Å². The molecule has 55 heavy (non-hydrogen) atoms. The number of halogens is 6. The molecular weight excluding hydrogens is 853 g/mol. The molecule has 0 fully saturated rings. The number of anilines is 2. The molecular formula is C29H25F6N5O10S5. The molecule has 4 rings (SSSR count). The van der Waals surface area contributed by atoms with Crippen LogP contribution in [0.4, 0.5) is 37.5 Å². The van der Waals surface area contributed by atoms with Gasteiger partial charge in [0.1, 0.15) is 5.75 Å². The highest BCUT2D eigenvalue weighted by Crippen LogP contribution is 2.36. The van der Waals surface area contributed by atoms with Crippen molar-refractivity contribution in [2.24, 2.45) is 0 Å². The molecule has 2 aromatic heterocycles. The Morgan fingerprint density at radius 3 is 1.98 bits per heavy atom. The third-order valence-corrected chi connectivity index (χ3v) is 12.2. The number of hydrogen-bond donors (Lipinski definition) is 1. The van der Waals surface area contributed by atoms with E-state index in [4.69, 9.17) is 0 Å². The number of carbonyl (C=O) groups excluding carboxylic acids is 4. The molecule has 0 radical (unpaired) electrons. The van der Waals surface area contributed by atoms with Crippen molar-refractivity contribution < 1.29 is 71.6 Å². The van der Waals surface area contributed by atoms with Crippen molar-refractivity contribution in [1.82, 2.24) is 15.1 Å². The van der Waals surface area contributed by atoms with Gasteiger partial charge in [-0.1, -0.05) is 52.1 Å². The van der Waals surface area contributed by atoms with Gasteiger partial charge < -0.3 is 9.26 Å². The number of aromatic nitrogens is 3. The van der Waals surface area contributed by atoms with Crippen LogP contribution in [0.3, 0.4) is 0 Å². The first-order valence-electron chi connectivity index (χ1n) is 14.5. The molecule has 0 saturated heterocycles. The summed E-state index contributed by atoms with van der Waals surface area (Å²) in [4.78, 5) is 52.2. The third kappa shape index (κ3) is 12.8. The topological polar surface area (TPSA) is 213 Å². The number of nitrogens with zero attached hydrogens (tertiary/aromatic N) is 4. The van der Waals surface area contributed by atoms with E-state index < -0.39 is 66.4 Å². The maximum Gasteiger partial charge on any atom is 0.573 e. The van der Waals surface area contributed by atoms with Crippen molar-refractivity contribution in [1.29, 1.82) is 0 Å². The summed E-state index contributed by atoms with van der Waals surface area (Å²) in [5.41, 5.74) is -1.06. The normalized spacial score (nSPS) is 12.0. The number of thioether (sulfide) groups is 2. The highest BCUT2D eigenvalue weighted by molar-refractivity contribution is 8.14. The molecule has 298 valence electrons. The van der Waals surface area contributed by atoms with E-state index in [0.717, 1.165) is 72.6 Å². The van der Waals surface area contributed by atoms with Gasteiger partial charge in [0.2, 0.25) is 11.6 Å². The van der Waals surface area contributed by atoms with Crippen LogP contribution in [0, 0.1) is 6.92 Å². The summed E-state index contributed by atoms with van der Waals surface area (Å²) in [6.07, 6.45) is -9.79. The van der Waals surface area contributed by atoms with E-state index >= 15 is 0 Å². The van der Waals surface area contributed by atoms with Crippen LogP contribution in [0.2, 0.25) is 0 Å². The lowest BCUT2D eigenvalue weighted by Crippen LogP contribution is -2.29. The van der Waals surface area contributed by atoms with Gasteiger partial charge in [0, 0.05) is 20.9 Å². The van der Waals surface area contributed by atoms with Gasteiger partial charge in [0.15, 0.2) is 21.1 Å². The molecule has 1 N–H and O–H groups in total. The number of alkyl halides is 6. The summed E-state index contributed by atoms with van der Waals surface area (Å²) in [6, 6.07) is 6.53. The number of benzene rings is 2. The summed E-state index contributed by atoms with van der Waals surface area (Å²) in [6.45, 7) is 4.09. The summed E-state index contributed by atoms with van der Waals surface area (Å²) in [7, 11) is -7.92. The molecule has 0 atom stereocenters. The average molecular weight is 878 g/mol. The van der Waals surface area contributed by atoms with Gasteiger partial charge in [0.25, 0.3) is 20.0 Å². The monoisotopic (exact) mass is 877 g/mol. The molecule has 4 aromatic rings. The Bertz CT molecular complexity index is 2280. The Morgan fingerprint density at radius 2 is 1.44 bits per heavy atom. The summed E-state index contributed by atoms with van der Waals surface area (Å²) in [5.74, 6) is -2.51. The molecule has 0 aliphatic carbocycles. The Kier molecular flexibility index (Phi) is 14.6. The number of thiazole rings is 1. The number of ketones is 2. The van der Waals surface area contributed by atoms with Crippen LogP contribution in [0.5, 0.6) is 5.75 Å². The average Bonchev–Trinajstić information content (AvgIpc) is 3.71. The van der Waals surface area contributed by atoms with Crippen LogP contribution in [0.25, 0.3) is 0 Å². The number of nitrogens with one attached hydrogen (secondary N) is 1. The first-order chi connectivity index (χ1) is 25.3. The molecule has 0 saturated carbocycles. The van der Waals surface area contributed by atoms with Gasteiger partial charge in [-0.15, -0.1) is 13.2 Å². The highest BCUT2D eigenvalue weighted by atomic mass is 32.2. The first-order valence-corrected chi connectivity index (χ1v) is 20.2. The zero-order valence-corrected chi connectivity index (χ0v) is 32.3. The molecule has 2 aromatic carbocycles. The second kappa shape index (κ2) is 17.9. The number of aryl methyl sites for hydroxylation is 1. The maximum atomic E-state index is 13.1. The Hall–Kier alpha value is -4.53. The smallest absolute Gasteiger partial charge is 0.406 e. The van der Waals surface area contributed by atoms with Gasteiger partial charge in [-0.25, -0.2) is 26.1 Å². The number of sulfonamides is 2. The van der Waals surface area contributed by atoms with Gasteiger partial charge in [-0.05, 0) is 43.3 Å². The fourth-order valence-electron chi connectivity index (χ4n) is 3.79. The standard InChI is InChI=1S/C15H13F3N2O5S3.C14H12F3N3O5S2/c1-8-13(12(22)7-26-9(2)21)27-14(19-8)20-28(23,24)11-5-3-10(4-6-11)25-15(16,17)18;1-8(21)26-7-10(22)12-18-13(25-19-12)20(2)27(23,24)11-6-4-3-5-9(11)14(15,16)17/h3-6H,7H2,1-2H3,(H,19,20);3-6H,7H2,1-2H3. The van der Waals surface area contributed by atoms with Crippen LogP contribution in [0.15, 0.2) is 62.8 Å². The Morgan fingerprint density at radius 1 is 0.873 bits per heavy atom. The Labute approximate surface area is 320 Å². The van der Waals surface area contributed by atoms with Gasteiger partial charge in [-0.2, -0.15) is 18.2 Å². The van der Waals surface area contributed by atoms with Crippen LogP contribution in [-0.4, -0.2) is 78.7 Å². The van der Waals surface area contributed by atoms with Gasteiger partial charge in [-0.3, -0.25) is 23.9 Å². The predicted molar refractivity (Wildman–Crippen MR) is 187 cm³/mol. The van der Waals surface area contributed by atoms with Gasteiger partial charge in [0.05, 0.1) is 37.4 Å². The minimum atomic E-state index is -4.90. The number of hydrogen-bond acceptors (Lipinski definition) is 16. The fraction of sp³-hybridized carbons (Fsp3) is 0.276. The quantitative estimate of drug-likeness (QED) is 0.121. The third-order valence-electron chi connectivity index (χ3n) is 6.22. The van der Waals surface area contributed by atoms with Gasteiger partial charge >= 0.3 is 18.6 Å². The highest BCUT2D eigenvalue weighted by Gasteiger charge is 2.39. The summed E-state index contributed by atoms with van der Waals surface area (Å²) < 4.78 is 136. The summed E-state index contributed by atoms with van der Waals surface area (Å²) >= 11 is 2.32. The zero-order valence-electron chi connectivity index (χ0n) is 28.2. The van der Waals surface area contributed by atoms with E-state index in [1.165, 1.54) is 20.8 Å². The van der Waals surface area contributed by atoms with E-state index in [1.807, 2.05) is 0 Å². The molecule has 0 spiro atoms. The molecule has 15 nitrogen and oxygen atoms in total. The van der Waals surface area contributed by atoms with Crippen molar-refractivity contribution >= 4 is 87.9 Å². The molecule has 2 heterocycles. The second-order valence-corrected chi connectivity index (χ2v) is 17.3. The lowest BCUT2D eigenvalue weighted by Gasteiger charge is -2.18. The van der Waals surface area contributed by atoms with Crippen LogP contribution in [0.1, 0.15) is 45.4 Å². The van der Waals surface area contributed by atoms with Crippen molar-refractivity contribution in [3.8, 4) is 5.75 Å². The number of rotatable bonds is 13. The first kappa shape index (κ1) is 44.9. The minimum absolute atomic E-state index is 0.0794. The number of ether oxygens (including phenoxy) is 1. The minimum Gasteiger partial charge on any atom is -0.406 e.